The Morgan fingerprint density at radius 3 is 2.31 bits per heavy atom. The van der Waals surface area contributed by atoms with Crippen LogP contribution in [0.5, 0.6) is 5.75 Å². The van der Waals surface area contributed by atoms with E-state index in [1.807, 2.05) is 0 Å². The summed E-state index contributed by atoms with van der Waals surface area (Å²) in [5, 5.41) is 10.4. The summed E-state index contributed by atoms with van der Waals surface area (Å²) < 4.78 is 48.8. The van der Waals surface area contributed by atoms with Crippen molar-refractivity contribution in [2.45, 2.75) is 70.9 Å². The molecule has 0 aliphatic carbocycles. The highest BCUT2D eigenvalue weighted by Gasteiger charge is 2.37. The maximum absolute atomic E-state index is 14.8. The molecule has 0 fully saturated rings. The van der Waals surface area contributed by atoms with Gasteiger partial charge in [0, 0.05) is 17.0 Å². The van der Waals surface area contributed by atoms with Gasteiger partial charge in [-0.05, 0) is 75.9 Å². The summed E-state index contributed by atoms with van der Waals surface area (Å²) in [5.41, 5.74) is 1.13. The van der Waals surface area contributed by atoms with E-state index >= 15 is 0 Å². The second kappa shape index (κ2) is 9.37. The van der Waals surface area contributed by atoms with Crippen molar-refractivity contribution in [1.82, 2.24) is 4.72 Å². The van der Waals surface area contributed by atoms with Crippen LogP contribution in [0.1, 0.15) is 55.9 Å². The standard InChI is InChI=1S/C23H29ClFNO5S/c1-12-8-9-17(25)20(14(12)3)15(4)21(22(28)31-23(5,6)7)26-32(29,30)19-10-13(2)16(24)11-18(19)27/h8-11,15,21,26-27H,1-7H3/t15?,21-/m0/s1. The molecule has 0 saturated carbocycles. The predicted octanol–water partition coefficient (Wildman–Crippen LogP) is 4.90. The topological polar surface area (TPSA) is 92.7 Å². The number of ether oxygens (including phenoxy) is 1. The fraction of sp³-hybridized carbons (Fsp3) is 0.435. The van der Waals surface area contributed by atoms with Crippen LogP contribution in [0.3, 0.4) is 0 Å². The molecule has 2 N–H and O–H groups in total. The highest BCUT2D eigenvalue weighted by atomic mass is 35.5. The van der Waals surface area contributed by atoms with E-state index in [1.54, 1.807) is 54.5 Å². The van der Waals surface area contributed by atoms with E-state index in [2.05, 4.69) is 4.72 Å². The number of hydrogen-bond acceptors (Lipinski definition) is 5. The Morgan fingerprint density at radius 1 is 1.16 bits per heavy atom. The van der Waals surface area contributed by atoms with Crippen LogP contribution in [0.15, 0.2) is 29.2 Å². The van der Waals surface area contributed by atoms with Crippen LogP contribution in [-0.4, -0.2) is 31.1 Å². The van der Waals surface area contributed by atoms with Crippen LogP contribution in [0.2, 0.25) is 5.02 Å². The molecule has 2 aromatic carbocycles. The normalized spacial score (nSPS) is 14.2. The second-order valence-electron chi connectivity index (χ2n) is 8.89. The van der Waals surface area contributed by atoms with Gasteiger partial charge in [0.1, 0.15) is 28.1 Å². The average molecular weight is 486 g/mol. The van der Waals surface area contributed by atoms with Crippen LogP contribution in [0.25, 0.3) is 0 Å². The number of hydrogen-bond donors (Lipinski definition) is 2. The minimum atomic E-state index is -4.40. The van der Waals surface area contributed by atoms with Gasteiger partial charge in [0.15, 0.2) is 0 Å². The quantitative estimate of drug-likeness (QED) is 0.567. The maximum Gasteiger partial charge on any atom is 0.325 e. The molecule has 2 rings (SSSR count). The van der Waals surface area contributed by atoms with Gasteiger partial charge in [0.05, 0.1) is 0 Å². The van der Waals surface area contributed by atoms with Crippen LogP contribution in [0, 0.1) is 26.6 Å². The first-order valence-corrected chi connectivity index (χ1v) is 11.9. The number of esters is 1. The molecular weight excluding hydrogens is 457 g/mol. The molecule has 1 unspecified atom stereocenters. The molecule has 0 radical (unpaired) electrons. The molecule has 0 amide bonds. The van der Waals surface area contributed by atoms with E-state index < -0.39 is 50.0 Å². The van der Waals surface area contributed by atoms with Crippen molar-refractivity contribution in [2.24, 2.45) is 0 Å². The smallest absolute Gasteiger partial charge is 0.325 e. The minimum Gasteiger partial charge on any atom is -0.506 e. The van der Waals surface area contributed by atoms with Crippen molar-refractivity contribution in [3.63, 3.8) is 0 Å². The van der Waals surface area contributed by atoms with E-state index in [4.69, 9.17) is 16.3 Å². The van der Waals surface area contributed by atoms with Gasteiger partial charge in [-0.15, -0.1) is 0 Å². The molecule has 32 heavy (non-hydrogen) atoms. The Balaban J connectivity index is 2.59. The number of aromatic hydroxyl groups is 1. The zero-order valence-electron chi connectivity index (χ0n) is 19.2. The van der Waals surface area contributed by atoms with Gasteiger partial charge in [-0.25, -0.2) is 12.8 Å². The Labute approximate surface area is 193 Å². The van der Waals surface area contributed by atoms with Crippen molar-refractivity contribution in [2.75, 3.05) is 0 Å². The van der Waals surface area contributed by atoms with E-state index in [0.717, 1.165) is 11.6 Å². The summed E-state index contributed by atoms with van der Waals surface area (Å²) in [4.78, 5) is 12.6. The maximum atomic E-state index is 14.8. The minimum absolute atomic E-state index is 0.191. The Kier molecular flexibility index (Phi) is 7.64. The molecule has 0 heterocycles. The summed E-state index contributed by atoms with van der Waals surface area (Å²) in [5.74, 6) is -2.89. The van der Waals surface area contributed by atoms with Crippen LogP contribution in [-0.2, 0) is 19.6 Å². The van der Waals surface area contributed by atoms with Gasteiger partial charge < -0.3 is 9.84 Å². The number of carbonyl (C=O) groups is 1. The molecule has 9 heteroatoms. The Morgan fingerprint density at radius 2 is 1.75 bits per heavy atom. The van der Waals surface area contributed by atoms with Crippen molar-refractivity contribution in [3.05, 3.63) is 57.4 Å². The fourth-order valence-electron chi connectivity index (χ4n) is 3.34. The van der Waals surface area contributed by atoms with E-state index in [-0.39, 0.29) is 10.6 Å². The third-order valence-electron chi connectivity index (χ3n) is 5.16. The fourth-order valence-corrected chi connectivity index (χ4v) is 4.93. The largest absolute Gasteiger partial charge is 0.506 e. The number of sulfonamides is 1. The van der Waals surface area contributed by atoms with Gasteiger partial charge in [0.2, 0.25) is 10.0 Å². The Bertz CT molecular complexity index is 1140. The number of phenols is 1. The van der Waals surface area contributed by atoms with Gasteiger partial charge >= 0.3 is 5.97 Å². The van der Waals surface area contributed by atoms with E-state index in [1.165, 1.54) is 12.1 Å². The molecule has 0 saturated heterocycles. The zero-order valence-corrected chi connectivity index (χ0v) is 20.8. The first-order chi connectivity index (χ1) is 14.5. The predicted molar refractivity (Wildman–Crippen MR) is 122 cm³/mol. The van der Waals surface area contributed by atoms with E-state index in [9.17, 15) is 22.7 Å². The molecular formula is C23H29ClFNO5S. The Hall–Kier alpha value is -2.16. The first kappa shape index (κ1) is 26.1. The molecule has 0 spiro atoms. The zero-order chi connectivity index (χ0) is 24.6. The summed E-state index contributed by atoms with van der Waals surface area (Å²) >= 11 is 5.95. The summed E-state index contributed by atoms with van der Waals surface area (Å²) in [7, 11) is -4.40. The number of benzene rings is 2. The molecule has 2 aromatic rings. The van der Waals surface area contributed by atoms with Crippen LogP contribution >= 0.6 is 11.6 Å². The van der Waals surface area contributed by atoms with Crippen molar-refractivity contribution >= 4 is 27.6 Å². The number of nitrogens with one attached hydrogen (secondary N) is 1. The lowest BCUT2D eigenvalue weighted by Crippen LogP contribution is -2.47. The van der Waals surface area contributed by atoms with E-state index in [0.29, 0.717) is 11.1 Å². The molecule has 6 nitrogen and oxygen atoms in total. The number of rotatable bonds is 6. The van der Waals surface area contributed by atoms with Crippen LogP contribution < -0.4 is 4.72 Å². The molecule has 0 aliphatic heterocycles. The lowest BCUT2D eigenvalue weighted by atomic mass is 9.88. The molecule has 176 valence electrons. The first-order valence-electron chi connectivity index (χ1n) is 10.0. The summed E-state index contributed by atoms with van der Waals surface area (Å²) in [6, 6.07) is 3.76. The molecule has 2 atom stereocenters. The lowest BCUT2D eigenvalue weighted by molar-refractivity contribution is -0.157. The van der Waals surface area contributed by atoms with Gasteiger partial charge in [-0.3, -0.25) is 4.79 Å². The number of phenolic OH excluding ortho intramolecular Hbond substituents is 1. The van der Waals surface area contributed by atoms with Gasteiger partial charge in [0.25, 0.3) is 0 Å². The van der Waals surface area contributed by atoms with Crippen molar-refractivity contribution in [1.29, 1.82) is 0 Å². The summed E-state index contributed by atoms with van der Waals surface area (Å²) in [6.45, 7) is 11.6. The van der Waals surface area contributed by atoms with Crippen molar-refractivity contribution < 1.29 is 27.4 Å². The average Bonchev–Trinajstić information content (AvgIpc) is 2.64. The number of halogens is 2. The highest BCUT2D eigenvalue weighted by Crippen LogP contribution is 2.32. The SMILES string of the molecule is Cc1cc(S(=O)(=O)N[C@H](C(=O)OC(C)(C)C)C(C)c2c(F)ccc(C)c2C)c(O)cc1Cl. The lowest BCUT2D eigenvalue weighted by Gasteiger charge is -2.29. The highest BCUT2D eigenvalue weighted by molar-refractivity contribution is 7.89. The van der Waals surface area contributed by atoms with Gasteiger partial charge in [-0.1, -0.05) is 24.6 Å². The molecule has 0 bridgehead atoms. The van der Waals surface area contributed by atoms with Crippen molar-refractivity contribution in [3.8, 4) is 5.75 Å². The third kappa shape index (κ3) is 5.79. The molecule has 0 aliphatic rings. The van der Waals surface area contributed by atoms with Gasteiger partial charge in [-0.2, -0.15) is 4.72 Å². The molecule has 0 aromatic heterocycles. The third-order valence-corrected chi connectivity index (χ3v) is 7.04. The van der Waals surface area contributed by atoms with Crippen LogP contribution in [0.4, 0.5) is 4.39 Å². The number of aryl methyl sites for hydroxylation is 2. The second-order valence-corrected chi connectivity index (χ2v) is 11.0. The number of carbonyl (C=O) groups excluding carboxylic acids is 1. The summed E-state index contributed by atoms with van der Waals surface area (Å²) in [6.07, 6.45) is 0. The monoisotopic (exact) mass is 485 g/mol.